The first-order valence-corrected chi connectivity index (χ1v) is 9.26. The maximum atomic E-state index is 12.9. The van der Waals surface area contributed by atoms with Crippen LogP contribution in [0.25, 0.3) is 0 Å². The lowest BCUT2D eigenvalue weighted by atomic mass is 9.89. The molecule has 5 nitrogen and oxygen atoms in total. The van der Waals surface area contributed by atoms with Gasteiger partial charge >= 0.3 is 0 Å². The van der Waals surface area contributed by atoms with Gasteiger partial charge in [-0.25, -0.2) is 0 Å². The molecule has 3 N–H and O–H groups in total. The van der Waals surface area contributed by atoms with Crippen LogP contribution in [-0.4, -0.2) is 40.6 Å². The van der Waals surface area contributed by atoms with E-state index >= 15 is 0 Å². The lowest BCUT2D eigenvalue weighted by molar-refractivity contribution is 0.0779. The number of hydrogen-bond donors (Lipinski definition) is 2. The van der Waals surface area contributed by atoms with Crippen molar-refractivity contribution in [3.63, 3.8) is 0 Å². The number of benzene rings is 1. The molecule has 2 atom stereocenters. The van der Waals surface area contributed by atoms with Gasteiger partial charge < -0.3 is 10.6 Å². The van der Waals surface area contributed by atoms with Crippen molar-refractivity contribution in [3.05, 3.63) is 51.8 Å². The number of likely N-dealkylation sites (tertiary alicyclic amines) is 1. The summed E-state index contributed by atoms with van der Waals surface area (Å²) in [4.78, 5) is 14.8. The third kappa shape index (κ3) is 3.48. The van der Waals surface area contributed by atoms with E-state index < -0.39 is 0 Å². The van der Waals surface area contributed by atoms with E-state index in [2.05, 4.69) is 38.3 Å². The quantitative estimate of drug-likeness (QED) is 0.789. The van der Waals surface area contributed by atoms with Gasteiger partial charge in [-0.05, 0) is 46.8 Å². The van der Waals surface area contributed by atoms with E-state index in [-0.39, 0.29) is 24.2 Å². The number of H-pyrrole nitrogens is 1. The summed E-state index contributed by atoms with van der Waals surface area (Å²) in [6.45, 7) is 1.97. The molecule has 0 radical (unpaired) electrons. The van der Waals surface area contributed by atoms with Crippen molar-refractivity contribution < 1.29 is 4.79 Å². The molecule has 25 heavy (non-hydrogen) atoms. The Kier molecular flexibility index (Phi) is 5.51. The molecule has 4 rings (SSSR count). The van der Waals surface area contributed by atoms with Crippen LogP contribution in [0.4, 0.5) is 0 Å². The highest BCUT2D eigenvalue weighted by Gasteiger charge is 2.38. The summed E-state index contributed by atoms with van der Waals surface area (Å²) < 4.78 is 0.836. The summed E-state index contributed by atoms with van der Waals surface area (Å²) in [5.41, 5.74) is 8.79. The van der Waals surface area contributed by atoms with E-state index in [4.69, 9.17) is 5.73 Å². The largest absolute Gasteiger partial charge is 0.336 e. The van der Waals surface area contributed by atoms with Crippen LogP contribution in [0.2, 0.25) is 0 Å². The van der Waals surface area contributed by atoms with E-state index in [9.17, 15) is 4.79 Å². The Hall–Kier alpha value is -1.37. The number of nitrogens with one attached hydrogen (secondary N) is 1. The monoisotopic (exact) mass is 424 g/mol. The fourth-order valence-electron chi connectivity index (χ4n) is 3.63. The first-order chi connectivity index (χ1) is 11.7. The van der Waals surface area contributed by atoms with Gasteiger partial charge in [0, 0.05) is 24.9 Å². The lowest BCUT2D eigenvalue weighted by Gasteiger charge is -2.16. The highest BCUT2D eigenvalue weighted by molar-refractivity contribution is 9.10. The number of nitrogens with two attached hydrogens (primary N) is 1. The van der Waals surface area contributed by atoms with Crippen LogP contribution in [0.5, 0.6) is 0 Å². The molecule has 2 aromatic rings. The van der Waals surface area contributed by atoms with Crippen molar-refractivity contribution >= 4 is 34.2 Å². The van der Waals surface area contributed by atoms with Gasteiger partial charge in [0.25, 0.3) is 5.91 Å². The highest BCUT2D eigenvalue weighted by Crippen LogP contribution is 2.43. The molecular formula is C18H22BrClN4O. The second-order valence-corrected chi connectivity index (χ2v) is 7.59. The number of aromatic amines is 1. The molecule has 1 saturated carbocycles. The van der Waals surface area contributed by atoms with Crippen LogP contribution in [0.15, 0.2) is 34.8 Å². The molecule has 2 heterocycles. The minimum absolute atomic E-state index is 0. The Morgan fingerprint density at radius 2 is 2.00 bits per heavy atom. The molecule has 2 fully saturated rings. The number of rotatable bonds is 4. The normalized spacial score (nSPS) is 22.7. The number of carbonyl (C=O) groups excluding carboxylic acids is 1. The summed E-state index contributed by atoms with van der Waals surface area (Å²) in [5, 5.41) is 7.32. The number of aromatic nitrogens is 2. The zero-order chi connectivity index (χ0) is 16.7. The van der Waals surface area contributed by atoms with Crippen LogP contribution < -0.4 is 5.73 Å². The van der Waals surface area contributed by atoms with Crippen molar-refractivity contribution in [2.75, 3.05) is 19.6 Å². The third-order valence-corrected chi connectivity index (χ3v) is 5.98. The Bertz CT molecular complexity index is 747. The van der Waals surface area contributed by atoms with Gasteiger partial charge in [0.2, 0.25) is 0 Å². The van der Waals surface area contributed by atoms with E-state index in [1.165, 1.54) is 18.4 Å². The van der Waals surface area contributed by atoms with Gasteiger partial charge in [-0.3, -0.25) is 9.89 Å². The number of amides is 1. The molecule has 1 saturated heterocycles. The molecule has 1 aliphatic heterocycles. The predicted octanol–water partition coefficient (Wildman–Crippen LogP) is 3.29. The Morgan fingerprint density at radius 1 is 1.28 bits per heavy atom. The first kappa shape index (κ1) is 18.4. The van der Waals surface area contributed by atoms with Crippen LogP contribution in [0.1, 0.15) is 46.4 Å². The van der Waals surface area contributed by atoms with Crippen molar-refractivity contribution in [1.82, 2.24) is 15.1 Å². The van der Waals surface area contributed by atoms with E-state index in [0.717, 1.165) is 10.2 Å². The average Bonchev–Trinajstić information content (AvgIpc) is 3.24. The van der Waals surface area contributed by atoms with Crippen LogP contribution in [-0.2, 0) is 0 Å². The van der Waals surface area contributed by atoms with Gasteiger partial charge in [0.1, 0.15) is 0 Å². The summed E-state index contributed by atoms with van der Waals surface area (Å²) in [7, 11) is 0. The van der Waals surface area contributed by atoms with Gasteiger partial charge in [-0.1, -0.05) is 30.3 Å². The molecule has 0 unspecified atom stereocenters. The number of nitrogens with zero attached hydrogens (tertiary/aromatic N) is 2. The van der Waals surface area contributed by atoms with E-state index in [0.29, 0.717) is 37.2 Å². The smallest absolute Gasteiger partial charge is 0.275 e. The lowest BCUT2D eigenvalue weighted by Crippen LogP contribution is -2.30. The Balaban J connectivity index is 0.00000182. The molecule has 1 aromatic carbocycles. The molecule has 1 aliphatic carbocycles. The summed E-state index contributed by atoms with van der Waals surface area (Å²) in [5.74, 6) is 1.10. The molecular weight excluding hydrogens is 404 g/mol. The van der Waals surface area contributed by atoms with Crippen molar-refractivity contribution in [1.29, 1.82) is 0 Å². The molecule has 1 amide bonds. The minimum Gasteiger partial charge on any atom is -0.336 e. The average molecular weight is 426 g/mol. The Morgan fingerprint density at radius 3 is 2.64 bits per heavy atom. The topological polar surface area (TPSA) is 75.0 Å². The van der Waals surface area contributed by atoms with Crippen LogP contribution in [0, 0.1) is 5.92 Å². The van der Waals surface area contributed by atoms with Gasteiger partial charge in [-0.2, -0.15) is 5.10 Å². The molecule has 0 spiro atoms. The molecule has 1 aromatic heterocycles. The number of carbonyl (C=O) groups is 1. The fraction of sp³-hybridized carbons (Fsp3) is 0.444. The van der Waals surface area contributed by atoms with E-state index in [1.54, 1.807) is 0 Å². The zero-order valence-corrected chi connectivity index (χ0v) is 16.2. The van der Waals surface area contributed by atoms with Crippen molar-refractivity contribution in [3.8, 4) is 0 Å². The Labute approximate surface area is 161 Å². The van der Waals surface area contributed by atoms with E-state index in [1.807, 2.05) is 23.1 Å². The molecule has 7 heteroatoms. The van der Waals surface area contributed by atoms with Gasteiger partial charge in [-0.15, -0.1) is 12.4 Å². The summed E-state index contributed by atoms with van der Waals surface area (Å²) in [6, 6.07) is 10.3. The zero-order valence-electron chi connectivity index (χ0n) is 13.8. The van der Waals surface area contributed by atoms with Crippen LogP contribution in [0.3, 0.4) is 0 Å². The second kappa shape index (κ2) is 7.48. The molecule has 134 valence electrons. The maximum Gasteiger partial charge on any atom is 0.275 e. The summed E-state index contributed by atoms with van der Waals surface area (Å²) in [6.07, 6.45) is 2.34. The first-order valence-electron chi connectivity index (χ1n) is 8.47. The SMILES string of the molecule is Cl.NC[C@@H]1CN(C(=O)c2n[nH]c(C3CC3)c2Br)C[C@H]1c1ccccc1. The third-order valence-electron chi connectivity index (χ3n) is 5.18. The standard InChI is InChI=1S/C18H21BrN4O.ClH/c19-15-16(12-6-7-12)21-22-17(15)18(24)23-9-13(8-20)14(10-23)11-4-2-1-3-5-11;/h1-5,12-14H,6-10,20H2,(H,21,22);1H/t13-,14+;/m1./s1. The number of hydrogen-bond acceptors (Lipinski definition) is 3. The van der Waals surface area contributed by atoms with Crippen molar-refractivity contribution in [2.45, 2.75) is 24.7 Å². The van der Waals surface area contributed by atoms with Gasteiger partial charge in [0.05, 0.1) is 10.2 Å². The second-order valence-electron chi connectivity index (χ2n) is 6.80. The van der Waals surface area contributed by atoms with Crippen molar-refractivity contribution in [2.24, 2.45) is 11.7 Å². The fourth-order valence-corrected chi connectivity index (χ4v) is 4.30. The number of halogens is 2. The summed E-state index contributed by atoms with van der Waals surface area (Å²) >= 11 is 3.57. The highest BCUT2D eigenvalue weighted by atomic mass is 79.9. The maximum absolute atomic E-state index is 12.9. The molecule has 2 aliphatic rings. The predicted molar refractivity (Wildman–Crippen MR) is 103 cm³/mol. The van der Waals surface area contributed by atoms with Gasteiger partial charge in [0.15, 0.2) is 5.69 Å². The van der Waals surface area contributed by atoms with Crippen LogP contribution >= 0.6 is 28.3 Å². The molecule has 0 bridgehead atoms. The minimum atomic E-state index is -0.0121.